The number of benzene rings is 1. The zero-order chi connectivity index (χ0) is 13.0. The van der Waals surface area contributed by atoms with E-state index in [-0.39, 0.29) is 11.5 Å². The van der Waals surface area contributed by atoms with Gasteiger partial charge in [-0.2, -0.15) is 0 Å². The highest BCUT2D eigenvalue weighted by molar-refractivity contribution is 5.94. The van der Waals surface area contributed by atoms with Crippen LogP contribution in [0.3, 0.4) is 0 Å². The van der Waals surface area contributed by atoms with Gasteiger partial charge in [0, 0.05) is 12.1 Å². The van der Waals surface area contributed by atoms with E-state index in [0.29, 0.717) is 18.7 Å². The lowest BCUT2D eigenvalue weighted by Gasteiger charge is -2.10. The summed E-state index contributed by atoms with van der Waals surface area (Å²) in [5, 5.41) is 2.53. The van der Waals surface area contributed by atoms with Crippen molar-refractivity contribution in [1.82, 2.24) is 5.32 Å². The van der Waals surface area contributed by atoms with Crippen molar-refractivity contribution in [2.24, 2.45) is 5.92 Å². The molecule has 17 heavy (non-hydrogen) atoms. The average molecular weight is 245 g/mol. The minimum atomic E-state index is -1.57. The fourth-order valence-electron chi connectivity index (χ4n) is 1.20. The summed E-state index contributed by atoms with van der Waals surface area (Å²) < 4.78 is 38.4. The molecule has 2 nitrogen and oxygen atoms in total. The van der Waals surface area contributed by atoms with Crippen LogP contribution in [0.25, 0.3) is 0 Å². The topological polar surface area (TPSA) is 29.1 Å². The Kier molecular flexibility index (Phi) is 4.54. The fourth-order valence-corrected chi connectivity index (χ4v) is 1.20. The highest BCUT2D eigenvalue weighted by Gasteiger charge is 2.15. The quantitative estimate of drug-likeness (QED) is 0.812. The number of hydrogen-bond donors (Lipinski definition) is 1. The van der Waals surface area contributed by atoms with Crippen molar-refractivity contribution in [3.8, 4) is 0 Å². The SMILES string of the molecule is CCC(C)CNC(=O)c1cc(F)c(F)c(F)c1. The number of carbonyl (C=O) groups is 1. The second kappa shape index (κ2) is 5.70. The van der Waals surface area contributed by atoms with Gasteiger partial charge in [0.15, 0.2) is 17.5 Å². The molecule has 1 aromatic carbocycles. The molecule has 1 aromatic rings. The van der Waals surface area contributed by atoms with E-state index in [0.717, 1.165) is 6.42 Å². The van der Waals surface area contributed by atoms with E-state index < -0.39 is 23.4 Å². The predicted octanol–water partition coefficient (Wildman–Crippen LogP) is 2.88. The summed E-state index contributed by atoms with van der Waals surface area (Å²) in [5.41, 5.74) is -0.218. The van der Waals surface area contributed by atoms with Crippen LogP contribution in [0, 0.1) is 23.4 Å². The van der Waals surface area contributed by atoms with E-state index in [4.69, 9.17) is 0 Å². The fraction of sp³-hybridized carbons (Fsp3) is 0.417. The molecule has 0 saturated heterocycles. The van der Waals surface area contributed by atoms with Crippen molar-refractivity contribution in [3.63, 3.8) is 0 Å². The molecule has 1 N–H and O–H groups in total. The Bertz CT molecular complexity index is 397. The molecule has 1 unspecified atom stereocenters. The first-order valence-corrected chi connectivity index (χ1v) is 5.38. The third-order valence-electron chi connectivity index (χ3n) is 2.55. The molecule has 1 rings (SSSR count). The summed E-state index contributed by atoms with van der Waals surface area (Å²) in [5.74, 6) is -4.63. The van der Waals surface area contributed by atoms with Gasteiger partial charge in [0.05, 0.1) is 0 Å². The number of nitrogens with one attached hydrogen (secondary N) is 1. The Morgan fingerprint density at radius 3 is 2.29 bits per heavy atom. The highest BCUT2D eigenvalue weighted by atomic mass is 19.2. The molecule has 0 aromatic heterocycles. The van der Waals surface area contributed by atoms with Gasteiger partial charge in [-0.1, -0.05) is 20.3 Å². The number of halogens is 3. The van der Waals surface area contributed by atoms with E-state index in [2.05, 4.69) is 5.32 Å². The van der Waals surface area contributed by atoms with Crippen LogP contribution in [-0.4, -0.2) is 12.5 Å². The molecule has 0 bridgehead atoms. The Morgan fingerprint density at radius 2 is 1.82 bits per heavy atom. The molecule has 0 fully saturated rings. The number of amides is 1. The summed E-state index contributed by atoms with van der Waals surface area (Å²) in [6.07, 6.45) is 0.881. The lowest BCUT2D eigenvalue weighted by atomic mass is 10.1. The first-order valence-electron chi connectivity index (χ1n) is 5.38. The van der Waals surface area contributed by atoms with Gasteiger partial charge < -0.3 is 5.32 Å². The van der Waals surface area contributed by atoms with Crippen LogP contribution in [0.15, 0.2) is 12.1 Å². The van der Waals surface area contributed by atoms with Crippen LogP contribution in [0.5, 0.6) is 0 Å². The second-order valence-electron chi connectivity index (χ2n) is 3.98. The molecule has 0 radical (unpaired) electrons. The largest absolute Gasteiger partial charge is 0.352 e. The Labute approximate surface area is 97.8 Å². The van der Waals surface area contributed by atoms with Gasteiger partial charge in [0.2, 0.25) is 0 Å². The average Bonchev–Trinajstić information content (AvgIpc) is 2.31. The normalized spacial score (nSPS) is 12.3. The summed E-state index contributed by atoms with van der Waals surface area (Å²) in [6.45, 7) is 4.32. The Morgan fingerprint density at radius 1 is 1.29 bits per heavy atom. The maximum Gasteiger partial charge on any atom is 0.251 e. The van der Waals surface area contributed by atoms with Crippen LogP contribution in [0.2, 0.25) is 0 Å². The lowest BCUT2D eigenvalue weighted by molar-refractivity contribution is 0.0946. The van der Waals surface area contributed by atoms with Gasteiger partial charge in [-0.25, -0.2) is 13.2 Å². The van der Waals surface area contributed by atoms with Crippen LogP contribution in [0.1, 0.15) is 30.6 Å². The van der Waals surface area contributed by atoms with Crippen molar-refractivity contribution < 1.29 is 18.0 Å². The molecule has 0 aliphatic heterocycles. The number of carbonyl (C=O) groups excluding carboxylic acids is 1. The maximum absolute atomic E-state index is 12.9. The van der Waals surface area contributed by atoms with E-state index in [1.54, 1.807) is 0 Å². The highest BCUT2D eigenvalue weighted by Crippen LogP contribution is 2.13. The molecule has 0 saturated carbocycles. The predicted molar refractivity (Wildman–Crippen MR) is 58.1 cm³/mol. The van der Waals surface area contributed by atoms with E-state index in [1.165, 1.54) is 0 Å². The Hall–Kier alpha value is -1.52. The summed E-state index contributed by atoms with van der Waals surface area (Å²) in [6, 6.07) is 1.37. The first kappa shape index (κ1) is 13.5. The zero-order valence-corrected chi connectivity index (χ0v) is 9.69. The van der Waals surface area contributed by atoms with Gasteiger partial charge in [0.1, 0.15) is 0 Å². The van der Waals surface area contributed by atoms with Crippen LogP contribution in [0.4, 0.5) is 13.2 Å². The van der Waals surface area contributed by atoms with Crippen molar-refractivity contribution in [2.75, 3.05) is 6.54 Å². The lowest BCUT2D eigenvalue weighted by Crippen LogP contribution is -2.28. The number of hydrogen-bond acceptors (Lipinski definition) is 1. The third-order valence-corrected chi connectivity index (χ3v) is 2.55. The van der Waals surface area contributed by atoms with Crippen molar-refractivity contribution in [3.05, 3.63) is 35.1 Å². The molecule has 5 heteroatoms. The zero-order valence-electron chi connectivity index (χ0n) is 9.69. The molecule has 94 valence electrons. The monoisotopic (exact) mass is 245 g/mol. The smallest absolute Gasteiger partial charge is 0.251 e. The Balaban J connectivity index is 2.76. The van der Waals surface area contributed by atoms with Gasteiger partial charge in [0.25, 0.3) is 5.91 Å². The molecule has 0 aliphatic carbocycles. The van der Waals surface area contributed by atoms with Gasteiger partial charge in [-0.3, -0.25) is 4.79 Å². The van der Waals surface area contributed by atoms with Crippen molar-refractivity contribution in [2.45, 2.75) is 20.3 Å². The number of rotatable bonds is 4. The van der Waals surface area contributed by atoms with E-state index in [1.807, 2.05) is 13.8 Å². The van der Waals surface area contributed by atoms with Crippen LogP contribution in [-0.2, 0) is 0 Å². The summed E-state index contributed by atoms with van der Waals surface area (Å²) >= 11 is 0. The minimum Gasteiger partial charge on any atom is -0.352 e. The molecule has 0 spiro atoms. The minimum absolute atomic E-state index is 0.218. The van der Waals surface area contributed by atoms with Crippen LogP contribution >= 0.6 is 0 Å². The standard InChI is InChI=1S/C12H14F3NO/c1-3-7(2)6-16-12(17)8-4-9(13)11(15)10(14)5-8/h4-5,7H,3,6H2,1-2H3,(H,16,17). The molecular weight excluding hydrogens is 231 g/mol. The molecule has 0 heterocycles. The molecule has 0 aliphatic rings. The van der Waals surface area contributed by atoms with Crippen LogP contribution < -0.4 is 5.32 Å². The van der Waals surface area contributed by atoms with Crippen molar-refractivity contribution >= 4 is 5.91 Å². The van der Waals surface area contributed by atoms with Gasteiger partial charge in [-0.15, -0.1) is 0 Å². The summed E-state index contributed by atoms with van der Waals surface area (Å²) in [4.78, 5) is 11.5. The summed E-state index contributed by atoms with van der Waals surface area (Å²) in [7, 11) is 0. The third kappa shape index (κ3) is 3.47. The molecule has 1 amide bonds. The second-order valence-corrected chi connectivity index (χ2v) is 3.98. The first-order chi connectivity index (χ1) is 7.95. The maximum atomic E-state index is 12.9. The molecule has 1 atom stereocenters. The van der Waals surface area contributed by atoms with Gasteiger partial charge >= 0.3 is 0 Å². The van der Waals surface area contributed by atoms with E-state index >= 15 is 0 Å². The van der Waals surface area contributed by atoms with Gasteiger partial charge in [-0.05, 0) is 18.1 Å². The molecular formula is C12H14F3NO. The van der Waals surface area contributed by atoms with Crippen molar-refractivity contribution in [1.29, 1.82) is 0 Å². The van der Waals surface area contributed by atoms with E-state index in [9.17, 15) is 18.0 Å².